The lowest BCUT2D eigenvalue weighted by Gasteiger charge is -2.37. The zero-order chi connectivity index (χ0) is 19.1. The van der Waals surface area contributed by atoms with E-state index in [9.17, 15) is 5.26 Å². The summed E-state index contributed by atoms with van der Waals surface area (Å²) in [6, 6.07) is 29.0. The van der Waals surface area contributed by atoms with Gasteiger partial charge in [0, 0.05) is 35.2 Å². The Morgan fingerprint density at radius 2 is 1.50 bits per heavy atom. The Morgan fingerprint density at radius 3 is 2.11 bits per heavy atom. The Balaban J connectivity index is 1.74. The second-order valence-corrected chi connectivity index (χ2v) is 7.97. The molecule has 0 fully saturated rings. The molecule has 136 valence electrons. The molecule has 2 heterocycles. The summed E-state index contributed by atoms with van der Waals surface area (Å²) in [5.41, 5.74) is 4.44. The first-order valence-electron chi connectivity index (χ1n) is 9.15. The minimum Gasteiger partial charge on any atom is -0.355 e. The van der Waals surface area contributed by atoms with Gasteiger partial charge in [-0.25, -0.2) is 4.99 Å². The molecule has 3 aromatic rings. The van der Waals surface area contributed by atoms with E-state index in [1.54, 1.807) is 0 Å². The second kappa shape index (κ2) is 6.43. The molecule has 0 amide bonds. The van der Waals surface area contributed by atoms with E-state index < -0.39 is 5.54 Å². The molecule has 5 heteroatoms. The van der Waals surface area contributed by atoms with Crippen molar-refractivity contribution in [2.24, 2.45) is 4.99 Å². The fourth-order valence-electron chi connectivity index (χ4n) is 4.00. The van der Waals surface area contributed by atoms with Crippen LogP contribution in [0.1, 0.15) is 11.1 Å². The third kappa shape index (κ3) is 2.35. The third-order valence-corrected chi connectivity index (χ3v) is 6.63. The summed E-state index contributed by atoms with van der Waals surface area (Å²) in [5, 5.41) is 14.1. The number of fused-ring (bicyclic) bond motifs is 4. The van der Waals surface area contributed by atoms with Gasteiger partial charge in [-0.1, -0.05) is 66.4 Å². The van der Waals surface area contributed by atoms with Crippen molar-refractivity contribution >= 4 is 34.0 Å². The van der Waals surface area contributed by atoms with Gasteiger partial charge in [-0.3, -0.25) is 0 Å². The maximum atomic E-state index is 10.1. The molecule has 4 nitrogen and oxygen atoms in total. The number of nitriles is 1. The molecule has 0 saturated carbocycles. The first-order chi connectivity index (χ1) is 13.7. The summed E-state index contributed by atoms with van der Waals surface area (Å²) in [5.74, 6) is 0. The number of nitrogens with zero attached hydrogens (tertiary/aromatic N) is 3. The molecular weight excluding hydrogens is 364 g/mol. The normalized spacial score (nSPS) is 18.4. The van der Waals surface area contributed by atoms with E-state index in [2.05, 4.69) is 52.7 Å². The summed E-state index contributed by atoms with van der Waals surface area (Å²) in [7, 11) is 2.01. The van der Waals surface area contributed by atoms with Crippen molar-refractivity contribution in [3.63, 3.8) is 0 Å². The van der Waals surface area contributed by atoms with Crippen LogP contribution in [-0.2, 0) is 5.54 Å². The zero-order valence-electron chi connectivity index (χ0n) is 15.3. The fourth-order valence-corrected chi connectivity index (χ4v) is 5.21. The van der Waals surface area contributed by atoms with Crippen LogP contribution in [-0.4, -0.2) is 17.5 Å². The summed E-state index contributed by atoms with van der Waals surface area (Å²) in [4.78, 5) is 7.30. The molecule has 0 aromatic heterocycles. The average molecular weight is 382 g/mol. The molecule has 0 aliphatic carbocycles. The molecular formula is C23H18N4S. The van der Waals surface area contributed by atoms with Crippen molar-refractivity contribution in [2.75, 3.05) is 17.3 Å². The van der Waals surface area contributed by atoms with Crippen LogP contribution in [0.15, 0.2) is 83.9 Å². The highest BCUT2D eigenvalue weighted by atomic mass is 32.2. The monoisotopic (exact) mass is 382 g/mol. The smallest absolute Gasteiger partial charge is 0.166 e. The zero-order valence-corrected chi connectivity index (χ0v) is 16.1. The molecule has 2 aliphatic rings. The molecule has 0 saturated heterocycles. The Kier molecular flexibility index (Phi) is 3.88. The Bertz CT molecular complexity index is 1070. The Morgan fingerprint density at radius 1 is 0.929 bits per heavy atom. The summed E-state index contributed by atoms with van der Waals surface area (Å²) in [6.45, 7) is 0. The predicted molar refractivity (Wildman–Crippen MR) is 116 cm³/mol. The number of thioether (sulfide) groups is 1. The Hall–Kier alpha value is -3.23. The molecule has 1 N–H and O–H groups in total. The average Bonchev–Trinajstić information content (AvgIpc) is 3.14. The van der Waals surface area contributed by atoms with Gasteiger partial charge in [-0.05, 0) is 24.3 Å². The van der Waals surface area contributed by atoms with E-state index in [0.29, 0.717) is 0 Å². The Labute approximate surface area is 168 Å². The van der Waals surface area contributed by atoms with Crippen LogP contribution in [0.2, 0.25) is 0 Å². The van der Waals surface area contributed by atoms with Gasteiger partial charge in [-0.2, -0.15) is 5.26 Å². The quantitative estimate of drug-likeness (QED) is 0.635. The van der Waals surface area contributed by atoms with Crippen LogP contribution in [0.4, 0.5) is 17.1 Å². The molecule has 1 atom stereocenters. The van der Waals surface area contributed by atoms with Crippen molar-refractivity contribution in [3.05, 3.63) is 90.0 Å². The number of amidine groups is 1. The van der Waals surface area contributed by atoms with Crippen molar-refractivity contribution in [1.82, 2.24) is 0 Å². The van der Waals surface area contributed by atoms with E-state index in [0.717, 1.165) is 33.4 Å². The van der Waals surface area contributed by atoms with Crippen molar-refractivity contribution in [1.29, 1.82) is 5.26 Å². The number of hydrogen-bond donors (Lipinski definition) is 1. The van der Waals surface area contributed by atoms with Gasteiger partial charge >= 0.3 is 0 Å². The molecule has 2 aliphatic heterocycles. The number of nitrogens with one attached hydrogen (secondary N) is 1. The molecule has 0 bridgehead atoms. The van der Waals surface area contributed by atoms with Gasteiger partial charge in [0.2, 0.25) is 0 Å². The number of para-hydroxylation sites is 3. The van der Waals surface area contributed by atoms with E-state index in [1.165, 1.54) is 11.8 Å². The van der Waals surface area contributed by atoms with Crippen molar-refractivity contribution < 1.29 is 0 Å². The lowest BCUT2D eigenvalue weighted by atomic mass is 9.76. The van der Waals surface area contributed by atoms with Crippen LogP contribution in [0.5, 0.6) is 0 Å². The van der Waals surface area contributed by atoms with E-state index in [1.807, 2.05) is 49.5 Å². The molecule has 3 aromatic carbocycles. The lowest BCUT2D eigenvalue weighted by Crippen LogP contribution is -2.37. The highest BCUT2D eigenvalue weighted by Crippen LogP contribution is 2.55. The van der Waals surface area contributed by atoms with Gasteiger partial charge in [-0.15, -0.1) is 0 Å². The van der Waals surface area contributed by atoms with Crippen molar-refractivity contribution in [2.45, 2.75) is 10.8 Å². The van der Waals surface area contributed by atoms with Crippen LogP contribution in [0.3, 0.4) is 0 Å². The van der Waals surface area contributed by atoms with Crippen LogP contribution >= 0.6 is 11.8 Å². The van der Waals surface area contributed by atoms with Gasteiger partial charge < -0.3 is 10.2 Å². The number of benzene rings is 3. The van der Waals surface area contributed by atoms with Gasteiger partial charge in [0.1, 0.15) is 10.8 Å². The first-order valence-corrected chi connectivity index (χ1v) is 10.0. The maximum absolute atomic E-state index is 10.1. The van der Waals surface area contributed by atoms with Gasteiger partial charge in [0.05, 0.1) is 6.07 Å². The van der Waals surface area contributed by atoms with Crippen molar-refractivity contribution in [3.8, 4) is 6.07 Å². The fraction of sp³-hybridized carbons (Fsp3) is 0.130. The molecule has 0 radical (unpaired) electrons. The second-order valence-electron chi connectivity index (χ2n) is 6.90. The number of hydrogen-bond acceptors (Lipinski definition) is 5. The number of rotatable bonds is 1. The summed E-state index contributed by atoms with van der Waals surface area (Å²) < 4.78 is 0. The van der Waals surface area contributed by atoms with Crippen LogP contribution in [0.25, 0.3) is 0 Å². The number of aliphatic imine (C=N–C) groups is 1. The van der Waals surface area contributed by atoms with E-state index >= 15 is 0 Å². The third-order valence-electron chi connectivity index (χ3n) is 5.37. The van der Waals surface area contributed by atoms with E-state index in [-0.39, 0.29) is 5.25 Å². The first kappa shape index (κ1) is 16.9. The van der Waals surface area contributed by atoms with Gasteiger partial charge in [0.25, 0.3) is 0 Å². The minimum atomic E-state index is -0.726. The largest absolute Gasteiger partial charge is 0.355 e. The standard InChI is InChI=1S/C23H18N4S/c1-27(16-9-3-2-4-10-16)22-26-23(21(15-24)28-22)17-11-5-7-13-19(17)25-20-14-8-6-12-18(20)23/h2-14,21,25H,1H3. The summed E-state index contributed by atoms with van der Waals surface area (Å²) in [6.07, 6.45) is 0. The highest BCUT2D eigenvalue weighted by Gasteiger charge is 2.52. The highest BCUT2D eigenvalue weighted by molar-refractivity contribution is 8.15. The molecule has 1 spiro atoms. The molecule has 5 rings (SSSR count). The minimum absolute atomic E-state index is 0.349. The van der Waals surface area contributed by atoms with Crippen LogP contribution in [0, 0.1) is 11.3 Å². The predicted octanol–water partition coefficient (Wildman–Crippen LogP) is 5.12. The lowest BCUT2D eigenvalue weighted by molar-refractivity contribution is 0.577. The molecule has 28 heavy (non-hydrogen) atoms. The maximum Gasteiger partial charge on any atom is 0.166 e. The topological polar surface area (TPSA) is 51.4 Å². The SMILES string of the molecule is CN(C1=NC2(c3ccccc3Nc3ccccc32)C(C#N)S1)c1ccccc1. The molecule has 1 unspecified atom stereocenters. The van der Waals surface area contributed by atoms with Gasteiger partial charge in [0.15, 0.2) is 5.17 Å². The number of anilines is 3. The summed E-state index contributed by atoms with van der Waals surface area (Å²) >= 11 is 1.53. The van der Waals surface area contributed by atoms with E-state index in [4.69, 9.17) is 4.99 Å². The van der Waals surface area contributed by atoms with Crippen LogP contribution < -0.4 is 10.2 Å².